The molecule has 0 aliphatic carbocycles. The Morgan fingerprint density at radius 2 is 1.96 bits per heavy atom. The lowest BCUT2D eigenvalue weighted by Gasteiger charge is -2.18. The first-order valence-electron chi connectivity index (χ1n) is 7.60. The zero-order valence-corrected chi connectivity index (χ0v) is 14.9. The van der Waals surface area contributed by atoms with Crippen molar-refractivity contribution in [1.29, 1.82) is 0 Å². The third-order valence-corrected chi connectivity index (χ3v) is 5.01. The van der Waals surface area contributed by atoms with Crippen LogP contribution in [0.15, 0.2) is 41.0 Å². The molecule has 0 unspecified atom stereocenters. The first kappa shape index (κ1) is 18.2. The number of nitrogens with one attached hydrogen (secondary N) is 1. The van der Waals surface area contributed by atoms with Crippen molar-refractivity contribution in [2.24, 2.45) is 0 Å². The molecule has 1 aromatic heterocycles. The van der Waals surface area contributed by atoms with Crippen molar-refractivity contribution in [3.63, 3.8) is 0 Å². The number of aryl methyl sites for hydroxylation is 2. The van der Waals surface area contributed by atoms with E-state index in [-0.39, 0.29) is 25.4 Å². The molecule has 130 valence electrons. The van der Waals surface area contributed by atoms with E-state index in [1.807, 2.05) is 32.0 Å². The van der Waals surface area contributed by atoms with Gasteiger partial charge < -0.3 is 9.73 Å². The third-order valence-electron chi connectivity index (χ3n) is 3.76. The van der Waals surface area contributed by atoms with Crippen LogP contribution >= 0.6 is 0 Å². The molecule has 0 saturated heterocycles. The van der Waals surface area contributed by atoms with Gasteiger partial charge in [-0.15, -0.1) is 0 Å². The predicted molar refractivity (Wildman–Crippen MR) is 93.1 cm³/mol. The van der Waals surface area contributed by atoms with E-state index < -0.39 is 10.0 Å². The number of benzene rings is 1. The van der Waals surface area contributed by atoms with Crippen molar-refractivity contribution < 1.29 is 17.6 Å². The van der Waals surface area contributed by atoms with E-state index in [4.69, 9.17) is 4.42 Å². The van der Waals surface area contributed by atoms with Crippen LogP contribution in [0.5, 0.6) is 0 Å². The van der Waals surface area contributed by atoms with Gasteiger partial charge in [0.1, 0.15) is 5.76 Å². The lowest BCUT2D eigenvalue weighted by atomic mass is 10.1. The molecule has 7 heteroatoms. The molecule has 0 atom stereocenters. The molecular formula is C17H22N2O4S. The molecule has 1 amide bonds. The molecule has 1 aromatic carbocycles. The number of hydrogen-bond acceptors (Lipinski definition) is 4. The Morgan fingerprint density at radius 3 is 2.54 bits per heavy atom. The van der Waals surface area contributed by atoms with Gasteiger partial charge in [-0.2, -0.15) is 4.31 Å². The summed E-state index contributed by atoms with van der Waals surface area (Å²) in [5, 5.41) is 2.79. The molecule has 24 heavy (non-hydrogen) atoms. The molecule has 2 rings (SSSR count). The molecule has 1 N–H and O–H groups in total. The van der Waals surface area contributed by atoms with Crippen molar-refractivity contribution in [3.8, 4) is 0 Å². The minimum absolute atomic E-state index is 0.0701. The molecule has 0 saturated carbocycles. The third kappa shape index (κ3) is 5.21. The quantitative estimate of drug-likeness (QED) is 0.832. The molecule has 1 heterocycles. The summed E-state index contributed by atoms with van der Waals surface area (Å²) in [5.41, 5.74) is 2.94. The molecule has 0 aliphatic rings. The Balaban J connectivity index is 1.95. The molecule has 0 aliphatic heterocycles. The molecule has 2 aromatic rings. The maximum Gasteiger partial charge on any atom is 0.225 e. The maximum absolute atomic E-state index is 12.1. The van der Waals surface area contributed by atoms with Crippen LogP contribution in [-0.4, -0.2) is 31.4 Å². The summed E-state index contributed by atoms with van der Waals surface area (Å²) in [6.07, 6.45) is 2.68. The van der Waals surface area contributed by atoms with Gasteiger partial charge in [-0.25, -0.2) is 8.42 Å². The number of hydrogen-bond donors (Lipinski definition) is 1. The maximum atomic E-state index is 12.1. The summed E-state index contributed by atoms with van der Waals surface area (Å²) in [6, 6.07) is 9.06. The van der Waals surface area contributed by atoms with Crippen molar-refractivity contribution in [2.75, 3.05) is 18.1 Å². The smallest absolute Gasteiger partial charge is 0.225 e. The highest BCUT2D eigenvalue weighted by molar-refractivity contribution is 7.88. The highest BCUT2D eigenvalue weighted by Crippen LogP contribution is 2.15. The van der Waals surface area contributed by atoms with Crippen LogP contribution < -0.4 is 5.32 Å². The minimum Gasteiger partial charge on any atom is -0.468 e. The lowest BCUT2D eigenvalue weighted by Crippen LogP contribution is -2.32. The van der Waals surface area contributed by atoms with E-state index in [9.17, 15) is 13.2 Å². The summed E-state index contributed by atoms with van der Waals surface area (Å²) in [4.78, 5) is 12.1. The number of carbonyl (C=O) groups excluding carboxylic acids is 1. The van der Waals surface area contributed by atoms with Gasteiger partial charge in [-0.3, -0.25) is 4.79 Å². The highest BCUT2D eigenvalue weighted by Gasteiger charge is 2.19. The van der Waals surface area contributed by atoms with Crippen LogP contribution in [0.4, 0.5) is 5.69 Å². The number of furan rings is 1. The topological polar surface area (TPSA) is 79.6 Å². The average Bonchev–Trinajstić information content (AvgIpc) is 2.99. The fourth-order valence-electron chi connectivity index (χ4n) is 2.21. The van der Waals surface area contributed by atoms with E-state index in [0.717, 1.165) is 17.4 Å². The van der Waals surface area contributed by atoms with Gasteiger partial charge in [-0.1, -0.05) is 6.07 Å². The first-order valence-corrected chi connectivity index (χ1v) is 9.45. The zero-order valence-electron chi connectivity index (χ0n) is 14.1. The van der Waals surface area contributed by atoms with Gasteiger partial charge >= 0.3 is 0 Å². The lowest BCUT2D eigenvalue weighted by molar-refractivity contribution is -0.116. The second-order valence-electron chi connectivity index (χ2n) is 5.77. The number of nitrogens with zero attached hydrogens (tertiary/aromatic N) is 1. The van der Waals surface area contributed by atoms with Crippen LogP contribution in [0, 0.1) is 13.8 Å². The minimum atomic E-state index is -3.43. The summed E-state index contributed by atoms with van der Waals surface area (Å²) in [5.74, 6) is 0.307. The van der Waals surface area contributed by atoms with E-state index in [0.29, 0.717) is 11.4 Å². The van der Waals surface area contributed by atoms with Gasteiger partial charge in [0.05, 0.1) is 19.1 Å². The Hall–Kier alpha value is -2.12. The summed E-state index contributed by atoms with van der Waals surface area (Å²) < 4.78 is 30.1. The summed E-state index contributed by atoms with van der Waals surface area (Å²) in [6.45, 7) is 4.18. The number of anilines is 1. The highest BCUT2D eigenvalue weighted by atomic mass is 32.2. The largest absolute Gasteiger partial charge is 0.468 e. The molecule has 0 fully saturated rings. The molecule has 6 nitrogen and oxygen atoms in total. The standard InChI is InChI=1S/C17H22N2O4S/c1-13-6-7-15(11-14(13)2)18-17(20)8-9-19(24(3,21)22)12-16-5-4-10-23-16/h4-7,10-11H,8-9,12H2,1-3H3,(H,18,20). The number of sulfonamides is 1. The fraction of sp³-hybridized carbons (Fsp3) is 0.353. The Bertz CT molecular complexity index is 798. The van der Waals surface area contributed by atoms with Crippen molar-refractivity contribution in [3.05, 3.63) is 53.5 Å². The summed E-state index contributed by atoms with van der Waals surface area (Å²) in [7, 11) is -3.43. The van der Waals surface area contributed by atoms with Crippen LogP contribution in [0.1, 0.15) is 23.3 Å². The number of rotatable bonds is 7. The average molecular weight is 350 g/mol. The first-order chi connectivity index (χ1) is 11.3. The van der Waals surface area contributed by atoms with Crippen LogP contribution in [0.3, 0.4) is 0 Å². The van der Waals surface area contributed by atoms with Gasteiger partial charge in [0, 0.05) is 18.7 Å². The Morgan fingerprint density at radius 1 is 1.21 bits per heavy atom. The number of amides is 1. The molecular weight excluding hydrogens is 328 g/mol. The molecule has 0 radical (unpaired) electrons. The van der Waals surface area contributed by atoms with E-state index >= 15 is 0 Å². The zero-order chi connectivity index (χ0) is 17.7. The van der Waals surface area contributed by atoms with Gasteiger partial charge in [0.15, 0.2) is 0 Å². The van der Waals surface area contributed by atoms with E-state index in [2.05, 4.69) is 5.32 Å². The second kappa shape index (κ2) is 7.63. The van der Waals surface area contributed by atoms with Crippen molar-refractivity contribution in [1.82, 2.24) is 4.31 Å². The second-order valence-corrected chi connectivity index (χ2v) is 7.76. The van der Waals surface area contributed by atoms with E-state index in [1.54, 1.807) is 12.1 Å². The molecule has 0 bridgehead atoms. The predicted octanol–water partition coefficient (Wildman–Crippen LogP) is 2.69. The SMILES string of the molecule is Cc1ccc(NC(=O)CCN(Cc2ccco2)S(C)(=O)=O)cc1C. The number of carbonyl (C=O) groups is 1. The summed E-state index contributed by atoms with van der Waals surface area (Å²) >= 11 is 0. The molecule has 0 spiro atoms. The Kier molecular flexibility index (Phi) is 5.80. The van der Waals surface area contributed by atoms with Crippen molar-refractivity contribution >= 4 is 21.6 Å². The van der Waals surface area contributed by atoms with E-state index in [1.165, 1.54) is 10.6 Å². The van der Waals surface area contributed by atoms with Gasteiger partial charge in [-0.05, 0) is 49.2 Å². The van der Waals surface area contributed by atoms with Gasteiger partial charge in [0.2, 0.25) is 15.9 Å². The van der Waals surface area contributed by atoms with Crippen LogP contribution in [0.25, 0.3) is 0 Å². The Labute approximate surface area is 142 Å². The fourth-order valence-corrected chi connectivity index (χ4v) is 2.99. The monoisotopic (exact) mass is 350 g/mol. The van der Waals surface area contributed by atoms with Crippen molar-refractivity contribution in [2.45, 2.75) is 26.8 Å². The van der Waals surface area contributed by atoms with Gasteiger partial charge in [0.25, 0.3) is 0 Å². The normalized spacial score (nSPS) is 11.7. The van der Waals surface area contributed by atoms with Crippen LogP contribution in [-0.2, 0) is 21.4 Å². The van der Waals surface area contributed by atoms with Crippen LogP contribution in [0.2, 0.25) is 0 Å².